The molecule has 4 rings (SSSR count). The van der Waals surface area contributed by atoms with Gasteiger partial charge in [-0.2, -0.15) is 0 Å². The van der Waals surface area contributed by atoms with Crippen LogP contribution in [-0.4, -0.2) is 39.9 Å². The lowest BCUT2D eigenvalue weighted by Gasteiger charge is -2.27. The predicted molar refractivity (Wildman–Crippen MR) is 103 cm³/mol. The fourth-order valence-electron chi connectivity index (χ4n) is 4.00. The number of carbonyl (C=O) groups is 2. The average molecular weight is 365 g/mol. The van der Waals surface area contributed by atoms with Crippen LogP contribution in [0.2, 0.25) is 0 Å². The van der Waals surface area contributed by atoms with Crippen LogP contribution in [0.15, 0.2) is 24.3 Å². The van der Waals surface area contributed by atoms with Crippen molar-refractivity contribution in [3.05, 3.63) is 58.0 Å². The minimum Gasteiger partial charge on any atom is -0.461 e. The molecule has 0 radical (unpaired) electrons. The predicted octanol–water partition coefficient (Wildman–Crippen LogP) is 3.49. The van der Waals surface area contributed by atoms with Gasteiger partial charge in [0.1, 0.15) is 5.69 Å². The molecule has 1 aliphatic rings. The van der Waals surface area contributed by atoms with Gasteiger partial charge in [-0.15, -0.1) is 0 Å². The van der Waals surface area contributed by atoms with E-state index in [4.69, 9.17) is 4.74 Å². The second-order valence-electron chi connectivity index (χ2n) is 6.95. The molecule has 0 aliphatic carbocycles. The largest absolute Gasteiger partial charge is 0.461 e. The first kappa shape index (κ1) is 17.4. The molecule has 0 bridgehead atoms. The lowest BCUT2D eigenvalue weighted by molar-refractivity contribution is 0.0519. The summed E-state index contributed by atoms with van der Waals surface area (Å²) in [7, 11) is 0. The number of aromatic amines is 2. The first-order chi connectivity index (χ1) is 13.0. The molecule has 1 amide bonds. The van der Waals surface area contributed by atoms with E-state index < -0.39 is 5.97 Å². The average Bonchev–Trinajstić information content (AvgIpc) is 3.17. The van der Waals surface area contributed by atoms with E-state index in [0.717, 1.165) is 17.6 Å². The van der Waals surface area contributed by atoms with Gasteiger partial charge in [-0.1, -0.05) is 18.2 Å². The third-order valence-corrected chi connectivity index (χ3v) is 5.30. The van der Waals surface area contributed by atoms with E-state index >= 15 is 0 Å². The van der Waals surface area contributed by atoms with Crippen LogP contribution >= 0.6 is 0 Å². The highest BCUT2D eigenvalue weighted by Gasteiger charge is 2.29. The van der Waals surface area contributed by atoms with Crippen molar-refractivity contribution in [3.8, 4) is 0 Å². The van der Waals surface area contributed by atoms with E-state index in [1.54, 1.807) is 13.8 Å². The van der Waals surface area contributed by atoms with Crippen molar-refractivity contribution in [3.63, 3.8) is 0 Å². The van der Waals surface area contributed by atoms with Crippen LogP contribution in [0.25, 0.3) is 10.9 Å². The molecule has 0 atom stereocenters. The minimum atomic E-state index is -0.423. The molecule has 0 spiro atoms. The molecule has 2 N–H and O–H groups in total. The molecule has 0 unspecified atom stereocenters. The highest BCUT2D eigenvalue weighted by Crippen LogP contribution is 2.29. The molecule has 0 fully saturated rings. The van der Waals surface area contributed by atoms with Gasteiger partial charge in [0.15, 0.2) is 0 Å². The number of benzene rings is 1. The number of nitrogens with one attached hydrogen (secondary N) is 2. The molecule has 140 valence electrons. The molecule has 27 heavy (non-hydrogen) atoms. The molecule has 1 aromatic carbocycles. The summed E-state index contributed by atoms with van der Waals surface area (Å²) in [5.41, 5.74) is 5.77. The van der Waals surface area contributed by atoms with Crippen LogP contribution in [0, 0.1) is 13.8 Å². The van der Waals surface area contributed by atoms with E-state index in [9.17, 15) is 9.59 Å². The number of ether oxygens (including phenoxy) is 1. The number of para-hydroxylation sites is 1. The number of aromatic nitrogens is 2. The second kappa shape index (κ2) is 6.61. The Hall–Kier alpha value is -3.02. The number of esters is 1. The number of hydrogen-bond acceptors (Lipinski definition) is 3. The van der Waals surface area contributed by atoms with Crippen molar-refractivity contribution in [1.29, 1.82) is 0 Å². The zero-order chi connectivity index (χ0) is 19.1. The molecule has 6 nitrogen and oxygen atoms in total. The summed E-state index contributed by atoms with van der Waals surface area (Å²) in [6, 6.07) is 8.23. The van der Waals surface area contributed by atoms with Crippen molar-refractivity contribution in [2.24, 2.45) is 0 Å². The molecular formula is C21H23N3O3. The van der Waals surface area contributed by atoms with Crippen molar-refractivity contribution in [2.45, 2.75) is 33.7 Å². The second-order valence-corrected chi connectivity index (χ2v) is 6.95. The third-order valence-electron chi connectivity index (χ3n) is 5.30. The number of hydrogen-bond donors (Lipinski definition) is 2. The summed E-state index contributed by atoms with van der Waals surface area (Å²) in [6.07, 6.45) is 0.818. The Morgan fingerprint density at radius 3 is 2.74 bits per heavy atom. The van der Waals surface area contributed by atoms with Gasteiger partial charge in [0.2, 0.25) is 0 Å². The minimum absolute atomic E-state index is 0.0545. The Morgan fingerprint density at radius 2 is 1.96 bits per heavy atom. The van der Waals surface area contributed by atoms with Crippen molar-refractivity contribution >= 4 is 22.8 Å². The summed E-state index contributed by atoms with van der Waals surface area (Å²) < 4.78 is 5.08. The van der Waals surface area contributed by atoms with Crippen LogP contribution in [0.3, 0.4) is 0 Å². The van der Waals surface area contributed by atoms with Crippen molar-refractivity contribution < 1.29 is 14.3 Å². The first-order valence-corrected chi connectivity index (χ1v) is 9.25. The SMILES string of the molecule is CCOC(=O)c1[nH]c(C)c(C(=O)N2CCc3c([nH]c4ccccc34)C2)c1C. The zero-order valence-electron chi connectivity index (χ0n) is 15.8. The standard InChI is InChI=1S/C21H23N3O3/c1-4-27-21(26)19-12(2)18(13(3)22-19)20(25)24-10-9-15-14-7-5-6-8-16(14)23-17(15)11-24/h5-8,22-23H,4,9-11H2,1-3H3. The normalized spacial score (nSPS) is 13.7. The van der Waals surface area contributed by atoms with Crippen LogP contribution < -0.4 is 0 Å². The summed E-state index contributed by atoms with van der Waals surface area (Å²) in [5.74, 6) is -0.477. The van der Waals surface area contributed by atoms with Crippen molar-refractivity contribution in [2.75, 3.05) is 13.2 Å². The Kier molecular flexibility index (Phi) is 4.26. The van der Waals surface area contributed by atoms with Crippen molar-refractivity contribution in [1.82, 2.24) is 14.9 Å². The van der Waals surface area contributed by atoms with Gasteiger partial charge in [-0.25, -0.2) is 4.79 Å². The maximum absolute atomic E-state index is 13.2. The Balaban J connectivity index is 1.64. The Morgan fingerprint density at radius 1 is 1.19 bits per heavy atom. The maximum Gasteiger partial charge on any atom is 0.355 e. The summed E-state index contributed by atoms with van der Waals surface area (Å²) in [6.45, 7) is 6.88. The van der Waals surface area contributed by atoms with Crippen LogP contribution in [0.1, 0.15) is 50.3 Å². The number of fused-ring (bicyclic) bond motifs is 3. The highest BCUT2D eigenvalue weighted by molar-refractivity contribution is 6.01. The molecule has 0 saturated heterocycles. The van der Waals surface area contributed by atoms with E-state index in [2.05, 4.69) is 22.1 Å². The smallest absolute Gasteiger partial charge is 0.355 e. The fourth-order valence-corrected chi connectivity index (χ4v) is 4.00. The lowest BCUT2D eigenvalue weighted by Crippen LogP contribution is -2.36. The highest BCUT2D eigenvalue weighted by atomic mass is 16.5. The van der Waals surface area contributed by atoms with Gasteiger partial charge in [-0.05, 0) is 44.4 Å². The van der Waals surface area contributed by atoms with E-state index in [1.165, 1.54) is 10.9 Å². The number of aryl methyl sites for hydroxylation is 1. The molecule has 6 heteroatoms. The summed E-state index contributed by atoms with van der Waals surface area (Å²) in [5, 5.41) is 1.23. The number of carbonyl (C=O) groups excluding carboxylic acids is 2. The number of amides is 1. The molecule has 1 aliphatic heterocycles. The van der Waals surface area contributed by atoms with Gasteiger partial charge in [-0.3, -0.25) is 4.79 Å². The van der Waals surface area contributed by atoms with E-state index in [0.29, 0.717) is 42.2 Å². The molecule has 2 aromatic heterocycles. The topological polar surface area (TPSA) is 78.2 Å². The van der Waals surface area contributed by atoms with Gasteiger partial charge < -0.3 is 19.6 Å². The number of H-pyrrole nitrogens is 2. The first-order valence-electron chi connectivity index (χ1n) is 9.25. The monoisotopic (exact) mass is 365 g/mol. The summed E-state index contributed by atoms with van der Waals surface area (Å²) >= 11 is 0. The molecule has 0 saturated carbocycles. The third kappa shape index (κ3) is 2.81. The van der Waals surface area contributed by atoms with E-state index in [-0.39, 0.29) is 5.91 Å². The van der Waals surface area contributed by atoms with Gasteiger partial charge in [0.25, 0.3) is 5.91 Å². The van der Waals surface area contributed by atoms with Crippen LogP contribution in [0.4, 0.5) is 0 Å². The molecule has 3 heterocycles. The van der Waals surface area contributed by atoms with E-state index in [1.807, 2.05) is 24.0 Å². The van der Waals surface area contributed by atoms with Gasteiger partial charge in [0, 0.05) is 28.8 Å². The quantitative estimate of drug-likeness (QED) is 0.698. The van der Waals surface area contributed by atoms with Crippen LogP contribution in [0.5, 0.6) is 0 Å². The zero-order valence-corrected chi connectivity index (χ0v) is 15.8. The molecule has 3 aromatic rings. The Labute approximate surface area is 157 Å². The summed E-state index contributed by atoms with van der Waals surface area (Å²) in [4.78, 5) is 33.6. The molecular weight excluding hydrogens is 342 g/mol. The maximum atomic E-state index is 13.2. The Bertz CT molecular complexity index is 1040. The van der Waals surface area contributed by atoms with Crippen LogP contribution in [-0.2, 0) is 17.7 Å². The number of rotatable bonds is 3. The van der Waals surface area contributed by atoms with Gasteiger partial charge >= 0.3 is 5.97 Å². The lowest BCUT2D eigenvalue weighted by atomic mass is 10.0. The fraction of sp³-hybridized carbons (Fsp3) is 0.333. The van der Waals surface area contributed by atoms with Gasteiger partial charge in [0.05, 0.1) is 18.7 Å². The number of nitrogens with zero attached hydrogens (tertiary/aromatic N) is 1.